The number of aryl methyl sites for hydroxylation is 1. The first kappa shape index (κ1) is 15.4. The highest BCUT2D eigenvalue weighted by molar-refractivity contribution is 5.94. The minimum atomic E-state index is -0.998. The average molecular weight is 289 g/mol. The van der Waals surface area contributed by atoms with Crippen molar-refractivity contribution in [3.8, 4) is 5.75 Å². The Morgan fingerprint density at radius 2 is 1.86 bits per heavy atom. The van der Waals surface area contributed by atoms with Gasteiger partial charge in [-0.15, -0.1) is 0 Å². The molecule has 4 heteroatoms. The van der Waals surface area contributed by atoms with Crippen molar-refractivity contribution in [1.82, 2.24) is 4.98 Å². The normalized spacial score (nSPS) is 15.0. The number of carboxylic acids is 1. The topological polar surface area (TPSA) is 62.3 Å². The molecule has 1 unspecified atom stereocenters. The molecule has 21 heavy (non-hydrogen) atoms. The van der Waals surface area contributed by atoms with E-state index in [1.807, 2.05) is 45.9 Å². The lowest BCUT2D eigenvalue weighted by Crippen LogP contribution is -2.44. The highest BCUT2D eigenvalue weighted by Gasteiger charge is 2.48. The molecule has 0 fully saturated rings. The number of aliphatic carboxylic acids is 1. The van der Waals surface area contributed by atoms with Crippen molar-refractivity contribution in [3.05, 3.63) is 29.5 Å². The second-order valence-electron chi connectivity index (χ2n) is 6.72. The predicted octanol–water partition coefficient (Wildman–Crippen LogP) is 3.87. The minimum absolute atomic E-state index is 0.429. The SMILES string of the molecule is COc1ccc2[nH]c(C)c(C(C)(C(=O)O)C(C)(C)C)c2c1. The Kier molecular flexibility index (Phi) is 3.52. The molecule has 1 aromatic carbocycles. The van der Waals surface area contributed by atoms with Gasteiger partial charge in [0, 0.05) is 16.6 Å². The zero-order chi connectivity index (χ0) is 16.0. The van der Waals surface area contributed by atoms with Gasteiger partial charge in [0.15, 0.2) is 0 Å². The van der Waals surface area contributed by atoms with Crippen LogP contribution < -0.4 is 4.74 Å². The van der Waals surface area contributed by atoms with E-state index in [1.165, 1.54) is 0 Å². The molecule has 1 atom stereocenters. The van der Waals surface area contributed by atoms with Gasteiger partial charge in [0.25, 0.3) is 0 Å². The van der Waals surface area contributed by atoms with E-state index in [2.05, 4.69) is 4.98 Å². The van der Waals surface area contributed by atoms with Gasteiger partial charge in [-0.2, -0.15) is 0 Å². The largest absolute Gasteiger partial charge is 0.497 e. The molecule has 0 aliphatic heterocycles. The Hall–Kier alpha value is -1.97. The molecule has 0 bridgehead atoms. The third-order valence-electron chi connectivity index (χ3n) is 4.62. The fraction of sp³-hybridized carbons (Fsp3) is 0.471. The van der Waals surface area contributed by atoms with E-state index < -0.39 is 16.8 Å². The van der Waals surface area contributed by atoms with Crippen molar-refractivity contribution in [2.24, 2.45) is 5.41 Å². The van der Waals surface area contributed by atoms with E-state index in [0.717, 1.165) is 27.9 Å². The number of hydrogen-bond acceptors (Lipinski definition) is 2. The summed E-state index contributed by atoms with van der Waals surface area (Å²) in [4.78, 5) is 15.4. The van der Waals surface area contributed by atoms with E-state index >= 15 is 0 Å². The average Bonchev–Trinajstić information content (AvgIpc) is 2.71. The summed E-state index contributed by atoms with van der Waals surface area (Å²) in [6.07, 6.45) is 0. The maximum absolute atomic E-state index is 12.1. The van der Waals surface area contributed by atoms with E-state index in [-0.39, 0.29) is 0 Å². The van der Waals surface area contributed by atoms with Gasteiger partial charge in [0.05, 0.1) is 12.5 Å². The fourth-order valence-corrected chi connectivity index (χ4v) is 2.88. The summed E-state index contributed by atoms with van der Waals surface area (Å²) in [5.41, 5.74) is 1.22. The Labute approximate surface area is 125 Å². The third-order valence-corrected chi connectivity index (χ3v) is 4.62. The monoisotopic (exact) mass is 289 g/mol. The number of fused-ring (bicyclic) bond motifs is 1. The van der Waals surface area contributed by atoms with Gasteiger partial charge in [-0.1, -0.05) is 20.8 Å². The van der Waals surface area contributed by atoms with Gasteiger partial charge in [0.2, 0.25) is 0 Å². The zero-order valence-electron chi connectivity index (χ0n) is 13.5. The first-order valence-electron chi connectivity index (χ1n) is 7.03. The summed E-state index contributed by atoms with van der Waals surface area (Å²) in [6, 6.07) is 5.70. The molecule has 4 nitrogen and oxygen atoms in total. The van der Waals surface area contributed by atoms with Crippen LogP contribution in [0.25, 0.3) is 10.9 Å². The van der Waals surface area contributed by atoms with Crippen LogP contribution in [0.15, 0.2) is 18.2 Å². The van der Waals surface area contributed by atoms with Gasteiger partial charge in [-0.25, -0.2) is 0 Å². The molecule has 0 spiro atoms. The van der Waals surface area contributed by atoms with E-state index in [4.69, 9.17) is 4.74 Å². The summed E-state index contributed by atoms with van der Waals surface area (Å²) in [5, 5.41) is 10.8. The number of aromatic amines is 1. The van der Waals surface area contributed by atoms with Crippen LogP contribution in [0.3, 0.4) is 0 Å². The number of carboxylic acid groups (broad SMARTS) is 1. The van der Waals surface area contributed by atoms with Crippen LogP contribution in [-0.4, -0.2) is 23.2 Å². The molecule has 114 valence electrons. The predicted molar refractivity (Wildman–Crippen MR) is 84.0 cm³/mol. The first-order valence-corrected chi connectivity index (χ1v) is 7.03. The number of aromatic nitrogens is 1. The standard InChI is InChI=1S/C17H23NO3/c1-10-14(17(5,15(19)20)16(2,3)4)12-9-11(21-6)7-8-13(12)18-10/h7-9,18H,1-6H3,(H,19,20). The van der Waals surface area contributed by atoms with Crippen molar-refractivity contribution in [1.29, 1.82) is 0 Å². The van der Waals surface area contributed by atoms with E-state index in [0.29, 0.717) is 0 Å². The Morgan fingerprint density at radius 1 is 1.24 bits per heavy atom. The molecule has 0 amide bonds. The molecule has 1 aromatic heterocycles. The van der Waals surface area contributed by atoms with Crippen LogP contribution in [0.1, 0.15) is 39.0 Å². The molecule has 0 saturated carbocycles. The van der Waals surface area contributed by atoms with Crippen LogP contribution in [-0.2, 0) is 10.2 Å². The molecule has 1 heterocycles. The Balaban J connectivity index is 2.86. The second-order valence-corrected chi connectivity index (χ2v) is 6.72. The molecule has 0 radical (unpaired) electrons. The summed E-state index contributed by atoms with van der Waals surface area (Å²) >= 11 is 0. The molecule has 0 saturated heterocycles. The van der Waals surface area contributed by atoms with Crippen LogP contribution in [0, 0.1) is 12.3 Å². The van der Waals surface area contributed by atoms with Crippen molar-refractivity contribution in [2.45, 2.75) is 40.0 Å². The second kappa shape index (κ2) is 4.79. The van der Waals surface area contributed by atoms with Crippen LogP contribution in [0.4, 0.5) is 0 Å². The van der Waals surface area contributed by atoms with Crippen LogP contribution in [0.2, 0.25) is 0 Å². The molecule has 2 aromatic rings. The molecule has 2 rings (SSSR count). The highest BCUT2D eigenvalue weighted by atomic mass is 16.5. The van der Waals surface area contributed by atoms with Gasteiger partial charge in [-0.3, -0.25) is 4.79 Å². The number of H-pyrrole nitrogens is 1. The first-order chi connectivity index (χ1) is 9.62. The van der Waals surface area contributed by atoms with Crippen molar-refractivity contribution in [3.63, 3.8) is 0 Å². The number of hydrogen-bond donors (Lipinski definition) is 2. The number of carbonyl (C=O) groups is 1. The molecule has 0 aliphatic rings. The number of rotatable bonds is 3. The van der Waals surface area contributed by atoms with E-state index in [9.17, 15) is 9.90 Å². The maximum atomic E-state index is 12.1. The number of nitrogens with one attached hydrogen (secondary N) is 1. The van der Waals surface area contributed by atoms with Crippen LogP contribution in [0.5, 0.6) is 5.75 Å². The number of ether oxygens (including phenoxy) is 1. The molecular weight excluding hydrogens is 266 g/mol. The molecular formula is C17H23NO3. The lowest BCUT2D eigenvalue weighted by Gasteiger charge is -2.38. The summed E-state index contributed by atoms with van der Waals surface area (Å²) < 4.78 is 5.28. The van der Waals surface area contributed by atoms with Crippen molar-refractivity contribution >= 4 is 16.9 Å². The Bertz CT molecular complexity index is 694. The quantitative estimate of drug-likeness (QED) is 0.901. The van der Waals surface area contributed by atoms with Crippen LogP contribution >= 0.6 is 0 Å². The van der Waals surface area contributed by atoms with Gasteiger partial charge in [0.1, 0.15) is 5.75 Å². The zero-order valence-corrected chi connectivity index (χ0v) is 13.5. The lowest BCUT2D eigenvalue weighted by molar-refractivity contribution is -0.147. The summed E-state index contributed by atoms with van der Waals surface area (Å²) in [7, 11) is 1.61. The molecule has 2 N–H and O–H groups in total. The Morgan fingerprint density at radius 3 is 2.33 bits per heavy atom. The van der Waals surface area contributed by atoms with E-state index in [1.54, 1.807) is 14.0 Å². The smallest absolute Gasteiger partial charge is 0.314 e. The van der Waals surface area contributed by atoms with Gasteiger partial charge in [-0.05, 0) is 43.0 Å². The number of benzene rings is 1. The van der Waals surface area contributed by atoms with Crippen molar-refractivity contribution in [2.75, 3.05) is 7.11 Å². The van der Waals surface area contributed by atoms with Crippen molar-refractivity contribution < 1.29 is 14.6 Å². The summed E-state index contributed by atoms with van der Waals surface area (Å²) in [5.74, 6) is -0.0915. The van der Waals surface area contributed by atoms with Gasteiger partial charge >= 0.3 is 5.97 Å². The van der Waals surface area contributed by atoms with Gasteiger partial charge < -0.3 is 14.8 Å². The maximum Gasteiger partial charge on any atom is 0.314 e. The summed E-state index contributed by atoms with van der Waals surface area (Å²) in [6.45, 7) is 9.60. The highest BCUT2D eigenvalue weighted by Crippen LogP contribution is 2.46. The third kappa shape index (κ3) is 2.19. The fourth-order valence-electron chi connectivity index (χ4n) is 2.88. The molecule has 0 aliphatic carbocycles. The number of methoxy groups -OCH3 is 1. The minimum Gasteiger partial charge on any atom is -0.497 e. The lowest BCUT2D eigenvalue weighted by atomic mass is 9.63.